The molecule has 0 bridgehead atoms. The van der Waals surface area contributed by atoms with Gasteiger partial charge in [0.1, 0.15) is 12.7 Å². The van der Waals surface area contributed by atoms with Crippen molar-refractivity contribution in [1.82, 2.24) is 4.98 Å². The van der Waals surface area contributed by atoms with Crippen LogP contribution in [0.15, 0.2) is 42.7 Å². The van der Waals surface area contributed by atoms with E-state index >= 15 is 0 Å². The van der Waals surface area contributed by atoms with Gasteiger partial charge in [0.15, 0.2) is 0 Å². The van der Waals surface area contributed by atoms with Crippen molar-refractivity contribution in [2.75, 3.05) is 6.67 Å². The van der Waals surface area contributed by atoms with E-state index in [1.807, 2.05) is 18.2 Å². The summed E-state index contributed by atoms with van der Waals surface area (Å²) in [6, 6.07) is 11.1. The molecule has 2 aromatic rings. The van der Waals surface area contributed by atoms with Gasteiger partial charge in [-0.3, -0.25) is 4.98 Å². The fraction of sp³-hybridized carbons (Fsp3) is 0.200. The van der Waals surface area contributed by atoms with Gasteiger partial charge in [-0.05, 0) is 24.1 Å². The van der Waals surface area contributed by atoms with Gasteiger partial charge < -0.3 is 5.73 Å². The molecule has 0 aliphatic rings. The highest BCUT2D eigenvalue weighted by Gasteiger charge is 2.20. The lowest BCUT2D eigenvalue weighted by Crippen LogP contribution is -2.35. The molecule has 0 saturated heterocycles. The Morgan fingerprint density at radius 3 is 2.53 bits per heavy atom. The van der Waals surface area contributed by atoms with Gasteiger partial charge in [0.05, 0.1) is 11.1 Å². The molecule has 1 atom stereocenters. The average molecular weight is 255 g/mol. The van der Waals surface area contributed by atoms with Gasteiger partial charge in [0.25, 0.3) is 0 Å². The molecule has 0 saturated carbocycles. The summed E-state index contributed by atoms with van der Waals surface area (Å²) in [7, 11) is 0. The maximum atomic E-state index is 12.8. The smallest absolute Gasteiger partial charge is 0.111 e. The summed E-state index contributed by atoms with van der Waals surface area (Å²) >= 11 is 0. The molecular formula is C15H14FN3. The van der Waals surface area contributed by atoms with E-state index in [9.17, 15) is 4.39 Å². The van der Waals surface area contributed by atoms with Gasteiger partial charge in [0.2, 0.25) is 0 Å². The highest BCUT2D eigenvalue weighted by Crippen LogP contribution is 2.24. The first kappa shape index (κ1) is 13.2. The van der Waals surface area contributed by atoms with E-state index < -0.39 is 12.2 Å². The molecule has 1 heterocycles. The van der Waals surface area contributed by atoms with Crippen LogP contribution in [-0.4, -0.2) is 11.7 Å². The van der Waals surface area contributed by atoms with Crippen LogP contribution in [0.1, 0.15) is 18.1 Å². The second-order valence-corrected chi connectivity index (χ2v) is 4.70. The molecule has 1 aromatic heterocycles. The number of nitrogens with two attached hydrogens (primary N) is 1. The number of hydrogen-bond donors (Lipinski definition) is 1. The Morgan fingerprint density at radius 1 is 1.26 bits per heavy atom. The average Bonchev–Trinajstić information content (AvgIpc) is 2.47. The summed E-state index contributed by atoms with van der Waals surface area (Å²) < 4.78 is 12.8. The summed E-state index contributed by atoms with van der Waals surface area (Å²) in [4.78, 5) is 4.01. The van der Waals surface area contributed by atoms with Crippen LogP contribution in [0.2, 0.25) is 0 Å². The Morgan fingerprint density at radius 2 is 1.95 bits per heavy atom. The van der Waals surface area contributed by atoms with Crippen molar-refractivity contribution in [1.29, 1.82) is 5.26 Å². The number of halogens is 1. The molecule has 3 nitrogen and oxygen atoms in total. The first-order valence-electron chi connectivity index (χ1n) is 5.88. The molecule has 0 amide bonds. The minimum atomic E-state index is -0.967. The molecule has 0 fully saturated rings. The normalized spacial score (nSPS) is 13.6. The van der Waals surface area contributed by atoms with E-state index in [2.05, 4.69) is 4.98 Å². The number of rotatable bonds is 3. The molecule has 2 rings (SSSR count). The van der Waals surface area contributed by atoms with Crippen LogP contribution in [0.3, 0.4) is 0 Å². The lowest BCUT2D eigenvalue weighted by Gasteiger charge is -2.21. The Kier molecular flexibility index (Phi) is 3.59. The summed E-state index contributed by atoms with van der Waals surface area (Å²) in [5.74, 6) is 0. The van der Waals surface area contributed by atoms with Gasteiger partial charge in [0, 0.05) is 18.0 Å². The van der Waals surface area contributed by atoms with Crippen molar-refractivity contribution in [3.8, 4) is 17.2 Å². The third-order valence-electron chi connectivity index (χ3n) is 3.02. The van der Waals surface area contributed by atoms with Gasteiger partial charge in [-0.2, -0.15) is 5.26 Å². The molecule has 4 heteroatoms. The van der Waals surface area contributed by atoms with Crippen LogP contribution in [0.5, 0.6) is 0 Å². The Balaban J connectivity index is 2.35. The standard InChI is InChI=1S/C15H14FN3/c1-15(18,10-16)14-4-2-12(3-5-14)13-6-11(7-17)8-19-9-13/h2-6,8-9H,10,18H2,1H3. The third-order valence-corrected chi connectivity index (χ3v) is 3.02. The summed E-state index contributed by atoms with van der Waals surface area (Å²) in [6.45, 7) is 1.04. The van der Waals surface area contributed by atoms with E-state index in [1.165, 1.54) is 6.20 Å². The SMILES string of the molecule is CC(N)(CF)c1ccc(-c2cncc(C#N)c2)cc1. The number of aromatic nitrogens is 1. The molecule has 1 aromatic carbocycles. The third kappa shape index (κ3) is 2.78. The van der Waals surface area contributed by atoms with Gasteiger partial charge in [-0.1, -0.05) is 24.3 Å². The molecule has 0 aliphatic carbocycles. The number of pyridine rings is 1. The lowest BCUT2D eigenvalue weighted by atomic mass is 9.93. The Hall–Kier alpha value is -2.25. The fourth-order valence-electron chi connectivity index (χ4n) is 1.78. The first-order chi connectivity index (χ1) is 9.06. The van der Waals surface area contributed by atoms with Crippen LogP contribution in [-0.2, 0) is 5.54 Å². The molecule has 0 aliphatic heterocycles. The van der Waals surface area contributed by atoms with E-state index in [0.717, 1.165) is 16.7 Å². The fourth-order valence-corrected chi connectivity index (χ4v) is 1.78. The van der Waals surface area contributed by atoms with Crippen molar-refractivity contribution >= 4 is 0 Å². The number of nitriles is 1. The summed E-state index contributed by atoms with van der Waals surface area (Å²) in [5.41, 5.74) is 7.89. The molecular weight excluding hydrogens is 241 g/mol. The number of alkyl halides is 1. The maximum Gasteiger partial charge on any atom is 0.111 e. The largest absolute Gasteiger partial charge is 0.319 e. The summed E-state index contributed by atoms with van der Waals surface area (Å²) in [6.07, 6.45) is 3.20. The molecule has 1 unspecified atom stereocenters. The van der Waals surface area contributed by atoms with Crippen LogP contribution in [0.25, 0.3) is 11.1 Å². The van der Waals surface area contributed by atoms with Gasteiger partial charge in [-0.25, -0.2) is 4.39 Å². The molecule has 96 valence electrons. The zero-order valence-corrected chi connectivity index (χ0v) is 10.6. The van der Waals surface area contributed by atoms with Crippen molar-refractivity contribution in [2.24, 2.45) is 5.73 Å². The second-order valence-electron chi connectivity index (χ2n) is 4.70. The Labute approximate surface area is 111 Å². The summed E-state index contributed by atoms with van der Waals surface area (Å²) in [5, 5.41) is 8.84. The monoisotopic (exact) mass is 255 g/mol. The van der Waals surface area contributed by atoms with Crippen molar-refractivity contribution in [3.63, 3.8) is 0 Å². The van der Waals surface area contributed by atoms with Crippen molar-refractivity contribution in [2.45, 2.75) is 12.5 Å². The minimum Gasteiger partial charge on any atom is -0.319 e. The highest BCUT2D eigenvalue weighted by atomic mass is 19.1. The van der Waals surface area contributed by atoms with Gasteiger partial charge in [-0.15, -0.1) is 0 Å². The highest BCUT2D eigenvalue weighted by molar-refractivity contribution is 5.64. The molecule has 0 spiro atoms. The molecule has 2 N–H and O–H groups in total. The number of hydrogen-bond acceptors (Lipinski definition) is 3. The quantitative estimate of drug-likeness (QED) is 0.917. The predicted octanol–water partition coefficient (Wildman–Crippen LogP) is 2.76. The van der Waals surface area contributed by atoms with E-state index in [1.54, 1.807) is 31.3 Å². The zero-order valence-electron chi connectivity index (χ0n) is 10.6. The number of benzene rings is 1. The van der Waals surface area contributed by atoms with Crippen LogP contribution in [0, 0.1) is 11.3 Å². The van der Waals surface area contributed by atoms with E-state index in [0.29, 0.717) is 5.56 Å². The van der Waals surface area contributed by atoms with Crippen LogP contribution in [0.4, 0.5) is 4.39 Å². The lowest BCUT2D eigenvalue weighted by molar-refractivity contribution is 0.336. The minimum absolute atomic E-state index is 0.508. The van der Waals surface area contributed by atoms with Crippen LogP contribution >= 0.6 is 0 Å². The second kappa shape index (κ2) is 5.17. The van der Waals surface area contributed by atoms with Crippen molar-refractivity contribution in [3.05, 3.63) is 53.9 Å². The zero-order chi connectivity index (χ0) is 13.9. The van der Waals surface area contributed by atoms with Crippen molar-refractivity contribution < 1.29 is 4.39 Å². The predicted molar refractivity (Wildman–Crippen MR) is 71.9 cm³/mol. The Bertz CT molecular complexity index is 612. The van der Waals surface area contributed by atoms with Crippen LogP contribution < -0.4 is 5.73 Å². The first-order valence-corrected chi connectivity index (χ1v) is 5.88. The van der Waals surface area contributed by atoms with E-state index in [-0.39, 0.29) is 0 Å². The maximum absolute atomic E-state index is 12.8. The molecule has 0 radical (unpaired) electrons. The molecule has 19 heavy (non-hydrogen) atoms. The van der Waals surface area contributed by atoms with E-state index in [4.69, 9.17) is 11.0 Å². The number of nitrogens with zero attached hydrogens (tertiary/aromatic N) is 2. The topological polar surface area (TPSA) is 62.7 Å². The van der Waals surface area contributed by atoms with Gasteiger partial charge >= 0.3 is 0 Å².